The quantitative estimate of drug-likeness (QED) is 0.180. The van der Waals surface area contributed by atoms with Gasteiger partial charge in [-0.05, 0) is 105 Å². The van der Waals surface area contributed by atoms with Crippen molar-refractivity contribution < 1.29 is 22.7 Å². The second-order valence-corrected chi connectivity index (χ2v) is 18.4. The van der Waals surface area contributed by atoms with Gasteiger partial charge in [-0.15, -0.1) is 0 Å². The lowest BCUT2D eigenvalue weighted by atomic mass is 9.81. The van der Waals surface area contributed by atoms with Crippen LogP contribution in [0.3, 0.4) is 0 Å². The third-order valence-corrected chi connectivity index (χ3v) is 13.8. The van der Waals surface area contributed by atoms with Gasteiger partial charge >= 0.3 is 0 Å². The van der Waals surface area contributed by atoms with Gasteiger partial charge in [-0.3, -0.25) is 19.2 Å². The van der Waals surface area contributed by atoms with Gasteiger partial charge in [-0.2, -0.15) is 5.10 Å². The molecule has 1 unspecified atom stereocenters. The summed E-state index contributed by atoms with van der Waals surface area (Å²) in [4.78, 5) is 32.8. The number of carbonyl (C=O) groups is 2. The highest BCUT2D eigenvalue weighted by Gasteiger charge is 2.45. The molecule has 292 valence electrons. The molecule has 1 saturated carbocycles. The summed E-state index contributed by atoms with van der Waals surface area (Å²) in [5, 5.41) is 5.92. The van der Waals surface area contributed by atoms with E-state index in [2.05, 4.69) is 58.1 Å². The predicted octanol–water partition coefficient (Wildman–Crippen LogP) is 7.33. The molecule has 8 rings (SSSR count). The van der Waals surface area contributed by atoms with Gasteiger partial charge in [0.1, 0.15) is 5.75 Å². The first-order chi connectivity index (χ1) is 26.4. The molecule has 5 heterocycles. The van der Waals surface area contributed by atoms with Gasteiger partial charge in [0.15, 0.2) is 0 Å². The maximum Gasteiger partial charge on any atom is 0.264 e. The van der Waals surface area contributed by atoms with Crippen LogP contribution in [0, 0.1) is 5.92 Å². The van der Waals surface area contributed by atoms with Crippen LogP contribution in [0.15, 0.2) is 42.6 Å². The Balaban J connectivity index is 1.31. The zero-order chi connectivity index (χ0) is 38.8. The standard InChI is InChI=1S/C43H54N6O5S/c1-7-46-23-33-20-32(46)24-47(33)43(51)37-21-44-49(27(4)5)40(37)31-17-30-18-34(54-6)14-16-35(30)41-39(28-11-9-8-10-12-28)36-15-13-29(19-38(36)48(41)22-31)42(50)45-55(52,53)25-26(2)3/h13-19,21,26-28,32-33H,7-12,20,22-25H2,1-6H3,(H,45,50)/t32-,33?/m0/s1. The lowest BCUT2D eigenvalue weighted by Crippen LogP contribution is -2.48. The van der Waals surface area contributed by atoms with Crippen LogP contribution in [0.1, 0.15) is 123 Å². The number of sulfonamides is 1. The second kappa shape index (κ2) is 14.6. The number of hydrogen-bond donors (Lipinski definition) is 1. The number of likely N-dealkylation sites (tertiary alicyclic amines) is 2. The summed E-state index contributed by atoms with van der Waals surface area (Å²) in [6.07, 6.45) is 10.6. The van der Waals surface area contributed by atoms with E-state index in [0.717, 1.165) is 96.5 Å². The molecule has 4 aromatic rings. The van der Waals surface area contributed by atoms with E-state index in [9.17, 15) is 18.0 Å². The van der Waals surface area contributed by atoms with Crippen LogP contribution in [0.4, 0.5) is 0 Å². The predicted molar refractivity (Wildman–Crippen MR) is 217 cm³/mol. The van der Waals surface area contributed by atoms with E-state index >= 15 is 0 Å². The van der Waals surface area contributed by atoms with Gasteiger partial charge in [0.05, 0.1) is 42.6 Å². The summed E-state index contributed by atoms with van der Waals surface area (Å²) >= 11 is 0. The van der Waals surface area contributed by atoms with Gasteiger partial charge in [0.2, 0.25) is 10.0 Å². The van der Waals surface area contributed by atoms with Gasteiger partial charge in [0.25, 0.3) is 11.8 Å². The summed E-state index contributed by atoms with van der Waals surface area (Å²) in [5.74, 6) is 0.173. The van der Waals surface area contributed by atoms with E-state index in [1.54, 1.807) is 19.4 Å². The minimum atomic E-state index is -3.82. The van der Waals surface area contributed by atoms with Gasteiger partial charge in [0, 0.05) is 53.2 Å². The van der Waals surface area contributed by atoms with Crippen LogP contribution >= 0.6 is 0 Å². The Morgan fingerprint density at radius 3 is 2.44 bits per heavy atom. The van der Waals surface area contributed by atoms with Crippen molar-refractivity contribution in [2.75, 3.05) is 32.5 Å². The van der Waals surface area contributed by atoms with Gasteiger partial charge < -0.3 is 14.2 Å². The number of ether oxygens (including phenoxy) is 1. The van der Waals surface area contributed by atoms with Crippen LogP contribution in [0.2, 0.25) is 0 Å². The Morgan fingerprint density at radius 2 is 1.76 bits per heavy atom. The van der Waals surface area contributed by atoms with E-state index in [1.807, 2.05) is 36.7 Å². The van der Waals surface area contributed by atoms with Gasteiger partial charge in [-0.25, -0.2) is 13.1 Å². The molecule has 2 aromatic heterocycles. The van der Waals surface area contributed by atoms with E-state index in [-0.39, 0.29) is 35.2 Å². The number of amides is 2. The van der Waals surface area contributed by atoms with E-state index < -0.39 is 15.9 Å². The number of nitrogens with one attached hydrogen (secondary N) is 1. The number of rotatable bonds is 10. The molecule has 1 aliphatic carbocycles. The number of allylic oxidation sites excluding steroid dienone is 1. The molecule has 11 nitrogen and oxygen atoms in total. The lowest BCUT2D eigenvalue weighted by Gasteiger charge is -2.33. The molecule has 1 N–H and O–H groups in total. The average Bonchev–Trinajstić information content (AvgIpc) is 3.93. The van der Waals surface area contributed by atoms with Crippen molar-refractivity contribution in [1.29, 1.82) is 0 Å². The molecule has 3 fully saturated rings. The number of carbonyl (C=O) groups excluding carboxylic acids is 2. The largest absolute Gasteiger partial charge is 0.497 e. The maximum atomic E-state index is 14.6. The highest BCUT2D eigenvalue weighted by molar-refractivity contribution is 7.90. The molecule has 0 radical (unpaired) electrons. The minimum absolute atomic E-state index is 0.0159. The molecule has 2 atom stereocenters. The van der Waals surface area contributed by atoms with Crippen molar-refractivity contribution in [3.63, 3.8) is 0 Å². The van der Waals surface area contributed by atoms with Crippen molar-refractivity contribution in [3.8, 4) is 17.0 Å². The van der Waals surface area contributed by atoms with Crippen molar-refractivity contribution >= 4 is 44.4 Å². The molecule has 12 heteroatoms. The molecule has 2 aromatic carbocycles. The summed E-state index contributed by atoms with van der Waals surface area (Å²) in [7, 11) is -2.14. The van der Waals surface area contributed by atoms with E-state index in [1.165, 1.54) is 12.0 Å². The third-order valence-electron chi connectivity index (χ3n) is 12.2. The van der Waals surface area contributed by atoms with E-state index in [0.29, 0.717) is 24.1 Å². The molecular weight excluding hydrogens is 713 g/mol. The van der Waals surface area contributed by atoms with Crippen molar-refractivity contribution in [2.45, 2.75) is 104 Å². The molecule has 2 saturated heterocycles. The average molecular weight is 767 g/mol. The van der Waals surface area contributed by atoms with Crippen molar-refractivity contribution in [3.05, 3.63) is 70.5 Å². The number of benzene rings is 2. The first-order valence-corrected chi connectivity index (χ1v) is 21.7. The number of nitrogens with zero attached hydrogens (tertiary/aromatic N) is 5. The normalized spacial score (nSPS) is 20.2. The van der Waals surface area contributed by atoms with Crippen LogP contribution in [-0.2, 0) is 16.6 Å². The molecular formula is C43H54N6O5S. The Labute approximate surface area is 324 Å². The zero-order valence-electron chi connectivity index (χ0n) is 33.0. The number of hydrogen-bond acceptors (Lipinski definition) is 7. The van der Waals surface area contributed by atoms with Crippen LogP contribution in [-0.4, -0.2) is 89.0 Å². The number of likely N-dealkylation sites (N-methyl/N-ethyl adjacent to an activating group) is 1. The van der Waals surface area contributed by atoms with E-state index in [4.69, 9.17) is 9.84 Å². The number of aromatic nitrogens is 3. The fourth-order valence-electron chi connectivity index (χ4n) is 9.78. The Kier molecular flexibility index (Phi) is 9.94. The third kappa shape index (κ3) is 6.79. The van der Waals surface area contributed by atoms with Crippen LogP contribution in [0.25, 0.3) is 33.8 Å². The first-order valence-electron chi connectivity index (χ1n) is 20.1. The summed E-state index contributed by atoms with van der Waals surface area (Å²) < 4.78 is 38.1. The monoisotopic (exact) mass is 766 g/mol. The zero-order valence-corrected chi connectivity index (χ0v) is 33.8. The lowest BCUT2D eigenvalue weighted by molar-refractivity contribution is 0.0630. The first kappa shape index (κ1) is 37.5. The fourth-order valence-corrected chi connectivity index (χ4v) is 11.1. The Hall–Kier alpha value is -4.42. The summed E-state index contributed by atoms with van der Waals surface area (Å²) in [6, 6.07) is 12.4. The Morgan fingerprint density at radius 1 is 0.982 bits per heavy atom. The number of fused-ring (bicyclic) bond motifs is 7. The maximum absolute atomic E-state index is 14.6. The fraction of sp³-hybridized carbons (Fsp3) is 0.512. The molecule has 2 amide bonds. The van der Waals surface area contributed by atoms with Gasteiger partial charge in [-0.1, -0.05) is 46.1 Å². The SMILES string of the molecule is CCN1CC2C[C@H]1CN2C(=O)c1cnn(C(C)C)c1C1=Cc2cc(OC)ccc2-c2c(C3CCCCC3)c3ccc(C(=O)NS(=O)(=O)CC(C)C)cc3n2C1. The molecule has 55 heavy (non-hydrogen) atoms. The Bertz CT molecular complexity index is 2300. The molecule has 0 spiro atoms. The molecule has 3 aliphatic heterocycles. The van der Waals surface area contributed by atoms with Crippen molar-refractivity contribution in [1.82, 2.24) is 28.9 Å². The molecule has 2 bridgehead atoms. The number of methoxy groups -OCH3 is 1. The highest BCUT2D eigenvalue weighted by Crippen LogP contribution is 2.48. The second-order valence-electron chi connectivity index (χ2n) is 16.7. The highest BCUT2D eigenvalue weighted by atomic mass is 32.2. The van der Waals surface area contributed by atoms with Crippen LogP contribution < -0.4 is 9.46 Å². The summed E-state index contributed by atoms with van der Waals surface area (Å²) in [5.41, 5.74) is 7.87. The van der Waals surface area contributed by atoms with Crippen molar-refractivity contribution in [2.24, 2.45) is 5.92 Å². The topological polar surface area (TPSA) is 119 Å². The molecule has 4 aliphatic rings. The summed E-state index contributed by atoms with van der Waals surface area (Å²) in [6.45, 7) is 13.0. The smallest absolute Gasteiger partial charge is 0.264 e. The minimum Gasteiger partial charge on any atom is -0.497 e. The van der Waals surface area contributed by atoms with Crippen LogP contribution in [0.5, 0.6) is 5.75 Å². The number of piperazine rings is 1.